The van der Waals surface area contributed by atoms with Gasteiger partial charge >= 0.3 is 0 Å². The minimum absolute atomic E-state index is 0.239. The summed E-state index contributed by atoms with van der Waals surface area (Å²) in [4.78, 5) is 0. The maximum atomic E-state index is 13.9. The molecule has 0 saturated heterocycles. The van der Waals surface area contributed by atoms with Gasteiger partial charge in [0.25, 0.3) is 0 Å². The third kappa shape index (κ3) is 2.84. The van der Waals surface area contributed by atoms with Crippen LogP contribution in [0.5, 0.6) is 0 Å². The molecule has 0 radical (unpaired) electrons. The first-order valence-corrected chi connectivity index (χ1v) is 6.60. The van der Waals surface area contributed by atoms with Crippen molar-refractivity contribution in [3.8, 4) is 0 Å². The lowest BCUT2D eigenvalue weighted by Gasteiger charge is -2.06. The van der Waals surface area contributed by atoms with Crippen molar-refractivity contribution in [3.05, 3.63) is 35.2 Å². The van der Waals surface area contributed by atoms with Gasteiger partial charge in [-0.25, -0.2) is 4.68 Å². The number of rotatable bonds is 6. The first kappa shape index (κ1) is 13.7. The van der Waals surface area contributed by atoms with Crippen molar-refractivity contribution in [2.75, 3.05) is 0 Å². The molecule has 0 aliphatic carbocycles. The van der Waals surface area contributed by atoms with E-state index < -0.39 is 0 Å². The molecule has 1 N–H and O–H groups in total. The fraction of sp³-hybridized carbons (Fsp3) is 0.538. The molecule has 2 aromatic rings. The molecule has 0 amide bonds. The van der Waals surface area contributed by atoms with E-state index >= 15 is 0 Å². The normalized spacial score (nSPS) is 11.2. The Morgan fingerprint density at radius 1 is 1.21 bits per heavy atom. The van der Waals surface area contributed by atoms with E-state index in [1.165, 1.54) is 4.68 Å². The summed E-state index contributed by atoms with van der Waals surface area (Å²) >= 11 is 0. The summed E-state index contributed by atoms with van der Waals surface area (Å²) in [5.74, 6) is -0.239. The van der Waals surface area contributed by atoms with Crippen LogP contribution in [-0.4, -0.2) is 19.6 Å². The molecule has 5 nitrogen and oxygen atoms in total. The van der Waals surface area contributed by atoms with Gasteiger partial charge in [-0.1, -0.05) is 0 Å². The first-order valence-electron chi connectivity index (χ1n) is 6.60. The maximum Gasteiger partial charge on any atom is 0.216 e. The van der Waals surface area contributed by atoms with Crippen LogP contribution in [0.4, 0.5) is 4.39 Å². The molecule has 0 aliphatic rings. The standard InChI is InChI=1S/C13H20FN5/c1-4-18-11(6-7-16-18)8-15-9-12-10(3)17-19(5-2)13(12)14/h6-7,15H,4-5,8-9H2,1-3H3. The molecule has 2 heterocycles. The van der Waals surface area contributed by atoms with Crippen LogP contribution < -0.4 is 5.32 Å². The van der Waals surface area contributed by atoms with Crippen molar-refractivity contribution in [1.82, 2.24) is 24.9 Å². The Labute approximate surface area is 112 Å². The average Bonchev–Trinajstić information content (AvgIpc) is 2.96. The van der Waals surface area contributed by atoms with Crippen LogP contribution >= 0.6 is 0 Å². The highest BCUT2D eigenvalue weighted by Gasteiger charge is 2.13. The molecule has 0 aromatic carbocycles. The van der Waals surface area contributed by atoms with Gasteiger partial charge in [0.15, 0.2) is 0 Å². The van der Waals surface area contributed by atoms with E-state index in [0.29, 0.717) is 25.2 Å². The van der Waals surface area contributed by atoms with Gasteiger partial charge in [0.2, 0.25) is 5.95 Å². The molecule has 2 rings (SSSR count). The molecular weight excluding hydrogens is 245 g/mol. The molecule has 0 fully saturated rings. The second kappa shape index (κ2) is 5.97. The molecule has 6 heteroatoms. The zero-order valence-corrected chi connectivity index (χ0v) is 11.6. The van der Waals surface area contributed by atoms with Crippen molar-refractivity contribution < 1.29 is 4.39 Å². The van der Waals surface area contributed by atoms with E-state index in [1.54, 1.807) is 6.20 Å². The van der Waals surface area contributed by atoms with Crippen molar-refractivity contribution in [3.63, 3.8) is 0 Å². The zero-order chi connectivity index (χ0) is 13.8. The topological polar surface area (TPSA) is 47.7 Å². The number of aromatic nitrogens is 4. The summed E-state index contributed by atoms with van der Waals surface area (Å²) < 4.78 is 17.3. The third-order valence-corrected chi connectivity index (χ3v) is 3.19. The third-order valence-electron chi connectivity index (χ3n) is 3.19. The monoisotopic (exact) mass is 265 g/mol. The van der Waals surface area contributed by atoms with Gasteiger partial charge in [-0.05, 0) is 26.8 Å². The lowest BCUT2D eigenvalue weighted by Crippen LogP contribution is -2.17. The maximum absolute atomic E-state index is 13.9. The zero-order valence-electron chi connectivity index (χ0n) is 11.6. The van der Waals surface area contributed by atoms with Gasteiger partial charge < -0.3 is 5.32 Å². The fourth-order valence-corrected chi connectivity index (χ4v) is 2.11. The molecule has 2 aromatic heterocycles. The van der Waals surface area contributed by atoms with Crippen molar-refractivity contribution in [1.29, 1.82) is 0 Å². The highest BCUT2D eigenvalue weighted by molar-refractivity contribution is 5.17. The predicted octanol–water partition coefficient (Wildman–Crippen LogP) is 1.86. The Bertz CT molecular complexity index is 543. The molecule has 0 aliphatic heterocycles. The fourth-order valence-electron chi connectivity index (χ4n) is 2.11. The van der Waals surface area contributed by atoms with Gasteiger partial charge in [-0.2, -0.15) is 14.6 Å². The van der Waals surface area contributed by atoms with E-state index in [2.05, 4.69) is 15.5 Å². The number of nitrogens with zero attached hydrogens (tertiary/aromatic N) is 4. The second-order valence-electron chi connectivity index (χ2n) is 4.41. The van der Waals surface area contributed by atoms with Crippen LogP contribution in [0.15, 0.2) is 12.3 Å². The highest BCUT2D eigenvalue weighted by atomic mass is 19.1. The number of halogens is 1. The largest absolute Gasteiger partial charge is 0.307 e. The second-order valence-corrected chi connectivity index (χ2v) is 4.41. The van der Waals surface area contributed by atoms with Crippen LogP contribution in [-0.2, 0) is 26.2 Å². The van der Waals surface area contributed by atoms with E-state index in [9.17, 15) is 4.39 Å². The molecule has 0 spiro atoms. The molecule has 104 valence electrons. The Kier molecular flexibility index (Phi) is 4.31. The summed E-state index contributed by atoms with van der Waals surface area (Å²) in [6.07, 6.45) is 1.78. The van der Waals surface area contributed by atoms with Crippen LogP contribution in [0.1, 0.15) is 30.8 Å². The Hall–Kier alpha value is -1.69. The number of nitrogens with one attached hydrogen (secondary N) is 1. The number of hydrogen-bond donors (Lipinski definition) is 1. The smallest absolute Gasteiger partial charge is 0.216 e. The Morgan fingerprint density at radius 2 is 1.95 bits per heavy atom. The van der Waals surface area contributed by atoms with E-state index in [0.717, 1.165) is 17.9 Å². The Balaban J connectivity index is 1.98. The first-order chi connectivity index (χ1) is 9.17. The highest BCUT2D eigenvalue weighted by Crippen LogP contribution is 2.12. The molecule has 19 heavy (non-hydrogen) atoms. The van der Waals surface area contributed by atoms with Crippen molar-refractivity contribution in [2.45, 2.75) is 47.0 Å². The van der Waals surface area contributed by atoms with Gasteiger partial charge in [0.1, 0.15) is 0 Å². The molecule has 0 atom stereocenters. The number of hydrogen-bond acceptors (Lipinski definition) is 3. The van der Waals surface area contributed by atoms with E-state index in [-0.39, 0.29) is 5.95 Å². The quantitative estimate of drug-likeness (QED) is 0.867. The molecule has 0 bridgehead atoms. The van der Waals surface area contributed by atoms with Gasteiger partial charge in [-0.15, -0.1) is 0 Å². The molecule has 0 unspecified atom stereocenters. The van der Waals surface area contributed by atoms with E-state index in [1.807, 2.05) is 31.5 Å². The summed E-state index contributed by atoms with van der Waals surface area (Å²) in [6, 6.07) is 1.97. The van der Waals surface area contributed by atoms with Gasteiger partial charge in [-0.3, -0.25) is 4.68 Å². The van der Waals surface area contributed by atoms with Crippen LogP contribution in [0.25, 0.3) is 0 Å². The lowest BCUT2D eigenvalue weighted by atomic mass is 10.2. The summed E-state index contributed by atoms with van der Waals surface area (Å²) in [7, 11) is 0. The van der Waals surface area contributed by atoms with Crippen LogP contribution in [0, 0.1) is 12.9 Å². The molecule has 0 saturated carbocycles. The Morgan fingerprint density at radius 3 is 2.58 bits per heavy atom. The average molecular weight is 265 g/mol. The van der Waals surface area contributed by atoms with E-state index in [4.69, 9.17) is 0 Å². The van der Waals surface area contributed by atoms with Crippen molar-refractivity contribution in [2.24, 2.45) is 0 Å². The number of aryl methyl sites for hydroxylation is 3. The minimum atomic E-state index is -0.239. The van der Waals surface area contributed by atoms with Crippen molar-refractivity contribution >= 4 is 0 Å². The lowest BCUT2D eigenvalue weighted by molar-refractivity contribution is 0.459. The van der Waals surface area contributed by atoms with Crippen LogP contribution in [0.2, 0.25) is 0 Å². The summed E-state index contributed by atoms with van der Waals surface area (Å²) in [6.45, 7) is 8.30. The minimum Gasteiger partial charge on any atom is -0.307 e. The SMILES string of the molecule is CCn1nccc1CNCc1c(C)nn(CC)c1F. The van der Waals surface area contributed by atoms with Gasteiger partial charge in [0, 0.05) is 37.9 Å². The van der Waals surface area contributed by atoms with Crippen LogP contribution in [0.3, 0.4) is 0 Å². The summed E-state index contributed by atoms with van der Waals surface area (Å²) in [5.41, 5.74) is 2.49. The predicted molar refractivity (Wildman–Crippen MR) is 71.0 cm³/mol. The summed E-state index contributed by atoms with van der Waals surface area (Å²) in [5, 5.41) is 11.6. The molecular formula is C13H20FN5. The van der Waals surface area contributed by atoms with Gasteiger partial charge in [0.05, 0.1) is 11.4 Å².